The number of benzene rings is 1. The van der Waals surface area contributed by atoms with Crippen LogP contribution in [0.5, 0.6) is 0 Å². The van der Waals surface area contributed by atoms with Crippen molar-refractivity contribution in [2.75, 3.05) is 24.5 Å². The Bertz CT molecular complexity index is 904. The highest BCUT2D eigenvalue weighted by molar-refractivity contribution is 6.27. The van der Waals surface area contributed by atoms with Crippen LogP contribution in [0.25, 0.3) is 0 Å². The maximum Gasteiger partial charge on any atom is 0.257 e. The van der Waals surface area contributed by atoms with Crippen molar-refractivity contribution in [3.63, 3.8) is 0 Å². The normalized spacial score (nSPS) is 30.5. The van der Waals surface area contributed by atoms with Crippen LogP contribution in [0, 0.1) is 11.6 Å². The van der Waals surface area contributed by atoms with Crippen LogP contribution in [0.15, 0.2) is 6.07 Å². The second kappa shape index (κ2) is 7.39. The van der Waals surface area contributed by atoms with Crippen LogP contribution in [-0.4, -0.2) is 66.7 Å². The van der Waals surface area contributed by atoms with E-state index < -0.39 is 29.4 Å². The Balaban J connectivity index is 1.37. The lowest BCUT2D eigenvalue weighted by Crippen LogP contribution is -2.52. The molecule has 4 aliphatic heterocycles. The minimum Gasteiger partial charge on any atom is -0.366 e. The highest BCUT2D eigenvalue weighted by Crippen LogP contribution is 2.37. The zero-order valence-electron chi connectivity index (χ0n) is 16.5. The summed E-state index contributed by atoms with van der Waals surface area (Å²) in [7, 11) is 0. The number of amides is 1. The minimum atomic E-state index is -0.683. The molecule has 3 saturated heterocycles. The van der Waals surface area contributed by atoms with Gasteiger partial charge in [0.2, 0.25) is 5.78 Å². The molecule has 3 fully saturated rings. The minimum absolute atomic E-state index is 0.0162. The SMILES string of the molecule is O=CC(=O)C1CCC(N2Cc3c(F)c(N4CC5CCC(C4)N5)cc(F)c3C2=O)CN1. The fourth-order valence-electron chi connectivity index (χ4n) is 5.38. The molecule has 2 bridgehead atoms. The molecule has 2 N–H and O–H groups in total. The zero-order chi connectivity index (χ0) is 21.0. The van der Waals surface area contributed by atoms with Gasteiger partial charge in [-0.2, -0.15) is 0 Å². The number of ketones is 1. The number of piperazine rings is 1. The summed E-state index contributed by atoms with van der Waals surface area (Å²) in [5.74, 6) is -2.23. The van der Waals surface area contributed by atoms with Crippen molar-refractivity contribution >= 4 is 23.7 Å². The van der Waals surface area contributed by atoms with Gasteiger partial charge in [0.15, 0.2) is 12.1 Å². The van der Waals surface area contributed by atoms with Crippen LogP contribution >= 0.6 is 0 Å². The number of rotatable bonds is 4. The van der Waals surface area contributed by atoms with Gasteiger partial charge in [-0.25, -0.2) is 8.78 Å². The number of aldehydes is 1. The molecule has 4 unspecified atom stereocenters. The van der Waals surface area contributed by atoms with E-state index in [0.717, 1.165) is 18.9 Å². The lowest BCUT2D eigenvalue weighted by Gasteiger charge is -2.35. The quantitative estimate of drug-likeness (QED) is 0.555. The summed E-state index contributed by atoms with van der Waals surface area (Å²) in [5.41, 5.74) is 0.171. The number of Topliss-reactive ketones (excluding diaryl/α,β-unsaturated/α-hetero) is 1. The first-order chi connectivity index (χ1) is 14.5. The van der Waals surface area contributed by atoms with Crippen molar-refractivity contribution in [1.29, 1.82) is 0 Å². The molecule has 160 valence electrons. The average molecular weight is 418 g/mol. The summed E-state index contributed by atoms with van der Waals surface area (Å²) in [6, 6.07) is 0.902. The smallest absolute Gasteiger partial charge is 0.257 e. The van der Waals surface area contributed by atoms with Gasteiger partial charge in [-0.3, -0.25) is 14.4 Å². The number of hydrogen-bond acceptors (Lipinski definition) is 6. The molecular weight excluding hydrogens is 394 g/mol. The summed E-state index contributed by atoms with van der Waals surface area (Å²) in [4.78, 5) is 38.5. The Morgan fingerprint density at radius 3 is 2.50 bits per heavy atom. The molecule has 0 radical (unpaired) electrons. The summed E-state index contributed by atoms with van der Waals surface area (Å²) in [6.07, 6.45) is 3.26. The summed E-state index contributed by atoms with van der Waals surface area (Å²) >= 11 is 0. The molecule has 4 aliphatic rings. The standard InChI is InChI=1S/C21H24F2N4O3/c22-15-5-17(26-7-11-1-2-12(8-26)25-11)20(23)14-9-27(21(30)19(14)15)13-3-4-16(24-6-13)18(29)10-28/h5,10-13,16,24-25H,1-4,6-9H2. The van der Waals surface area contributed by atoms with Gasteiger partial charge >= 0.3 is 0 Å². The van der Waals surface area contributed by atoms with E-state index in [2.05, 4.69) is 10.6 Å². The molecule has 30 heavy (non-hydrogen) atoms. The molecule has 9 heteroatoms. The molecule has 4 heterocycles. The monoisotopic (exact) mass is 418 g/mol. The van der Waals surface area contributed by atoms with Crippen LogP contribution in [-0.2, 0) is 16.1 Å². The molecule has 0 spiro atoms. The van der Waals surface area contributed by atoms with Gasteiger partial charge in [0.05, 0.1) is 23.8 Å². The predicted octanol–water partition coefficient (Wildman–Crippen LogP) is 0.750. The first-order valence-electron chi connectivity index (χ1n) is 10.5. The van der Waals surface area contributed by atoms with E-state index in [0.29, 0.717) is 38.8 Å². The van der Waals surface area contributed by atoms with Gasteiger partial charge in [0.25, 0.3) is 5.91 Å². The van der Waals surface area contributed by atoms with E-state index >= 15 is 4.39 Å². The van der Waals surface area contributed by atoms with Crippen molar-refractivity contribution in [3.8, 4) is 0 Å². The van der Waals surface area contributed by atoms with E-state index in [1.165, 1.54) is 4.90 Å². The molecule has 0 saturated carbocycles. The van der Waals surface area contributed by atoms with Crippen molar-refractivity contribution in [2.45, 2.75) is 56.4 Å². The maximum atomic E-state index is 15.4. The Kier molecular flexibility index (Phi) is 4.82. The number of carbonyl (C=O) groups is 3. The van der Waals surface area contributed by atoms with Crippen LogP contribution < -0.4 is 15.5 Å². The third-order valence-electron chi connectivity index (χ3n) is 6.94. The third kappa shape index (κ3) is 3.11. The largest absolute Gasteiger partial charge is 0.366 e. The van der Waals surface area contributed by atoms with Gasteiger partial charge < -0.3 is 20.4 Å². The number of fused-ring (bicyclic) bond motifs is 3. The third-order valence-corrected chi connectivity index (χ3v) is 6.94. The maximum absolute atomic E-state index is 15.4. The van der Waals surface area contributed by atoms with E-state index in [9.17, 15) is 18.8 Å². The Morgan fingerprint density at radius 1 is 1.13 bits per heavy atom. The number of piperidine rings is 1. The number of hydrogen-bond donors (Lipinski definition) is 2. The second-order valence-corrected chi connectivity index (χ2v) is 8.73. The van der Waals surface area contributed by atoms with Gasteiger partial charge in [0, 0.05) is 49.4 Å². The second-order valence-electron chi connectivity index (χ2n) is 8.73. The molecule has 7 nitrogen and oxygen atoms in total. The van der Waals surface area contributed by atoms with Crippen molar-refractivity contribution in [3.05, 3.63) is 28.8 Å². The number of carbonyl (C=O) groups excluding carboxylic acids is 3. The zero-order valence-corrected chi connectivity index (χ0v) is 16.5. The molecule has 5 rings (SSSR count). The number of nitrogens with one attached hydrogen (secondary N) is 2. The number of nitrogens with zero attached hydrogens (tertiary/aromatic N) is 2. The molecule has 0 aliphatic carbocycles. The summed E-state index contributed by atoms with van der Waals surface area (Å²) < 4.78 is 30.4. The van der Waals surface area contributed by atoms with Gasteiger partial charge in [-0.1, -0.05) is 0 Å². The average Bonchev–Trinajstić information content (AvgIpc) is 3.29. The van der Waals surface area contributed by atoms with Crippen molar-refractivity contribution in [1.82, 2.24) is 15.5 Å². The molecule has 1 aromatic carbocycles. The van der Waals surface area contributed by atoms with E-state index in [-0.39, 0.29) is 41.5 Å². The van der Waals surface area contributed by atoms with Crippen LogP contribution in [0.1, 0.15) is 41.6 Å². The van der Waals surface area contributed by atoms with Gasteiger partial charge in [-0.15, -0.1) is 0 Å². The van der Waals surface area contributed by atoms with Crippen molar-refractivity contribution in [2.24, 2.45) is 0 Å². The molecular formula is C21H24F2N4O3. The summed E-state index contributed by atoms with van der Waals surface area (Å²) in [6.45, 7) is 1.58. The molecule has 1 amide bonds. The predicted molar refractivity (Wildman–Crippen MR) is 104 cm³/mol. The Morgan fingerprint density at radius 2 is 1.87 bits per heavy atom. The highest BCUT2D eigenvalue weighted by atomic mass is 19.1. The van der Waals surface area contributed by atoms with E-state index in [1.54, 1.807) is 0 Å². The van der Waals surface area contributed by atoms with E-state index in [4.69, 9.17) is 0 Å². The first-order valence-corrected chi connectivity index (χ1v) is 10.5. The summed E-state index contributed by atoms with van der Waals surface area (Å²) in [5, 5.41) is 6.45. The van der Waals surface area contributed by atoms with Gasteiger partial charge in [0.1, 0.15) is 5.82 Å². The van der Waals surface area contributed by atoms with Crippen molar-refractivity contribution < 1.29 is 23.2 Å². The van der Waals surface area contributed by atoms with Crippen LogP contribution in [0.2, 0.25) is 0 Å². The van der Waals surface area contributed by atoms with Crippen LogP contribution in [0.4, 0.5) is 14.5 Å². The fourth-order valence-corrected chi connectivity index (χ4v) is 5.38. The molecule has 1 aromatic rings. The van der Waals surface area contributed by atoms with Gasteiger partial charge in [-0.05, 0) is 25.7 Å². The highest BCUT2D eigenvalue weighted by Gasteiger charge is 2.41. The number of anilines is 1. The molecule has 4 atom stereocenters. The lowest BCUT2D eigenvalue weighted by atomic mass is 9.97. The molecule has 0 aromatic heterocycles. The Labute approximate surface area is 172 Å². The lowest BCUT2D eigenvalue weighted by molar-refractivity contribution is -0.131. The Hall–Kier alpha value is -2.39. The van der Waals surface area contributed by atoms with E-state index in [1.807, 2.05) is 4.90 Å². The first kappa shape index (κ1) is 19.6. The topological polar surface area (TPSA) is 81.8 Å². The fraction of sp³-hybridized carbons (Fsp3) is 0.571. The number of halogens is 2. The van der Waals surface area contributed by atoms with Crippen LogP contribution in [0.3, 0.4) is 0 Å².